The summed E-state index contributed by atoms with van der Waals surface area (Å²) in [5.41, 5.74) is -0.274. The summed E-state index contributed by atoms with van der Waals surface area (Å²) in [7, 11) is 0. The lowest BCUT2D eigenvalue weighted by atomic mass is 9.93. The van der Waals surface area contributed by atoms with Crippen molar-refractivity contribution in [2.45, 2.75) is 57.9 Å². The van der Waals surface area contributed by atoms with Crippen molar-refractivity contribution >= 4 is 0 Å². The van der Waals surface area contributed by atoms with Gasteiger partial charge in [-0.2, -0.15) is 5.26 Å². The average Bonchev–Trinajstić information content (AvgIpc) is 3.24. The molecule has 1 aliphatic heterocycles. The predicted molar refractivity (Wildman–Crippen MR) is 78.8 cm³/mol. The molecule has 2 unspecified atom stereocenters. The molecule has 1 saturated heterocycles. The zero-order chi connectivity index (χ0) is 13.7. The molecule has 1 N–H and O–H groups in total. The molecule has 2 fully saturated rings. The summed E-state index contributed by atoms with van der Waals surface area (Å²) < 4.78 is 0. The predicted octanol–water partition coefficient (Wildman–Crippen LogP) is 2.78. The second-order valence-corrected chi connectivity index (χ2v) is 6.60. The fourth-order valence-corrected chi connectivity index (χ4v) is 3.25. The van der Waals surface area contributed by atoms with Crippen LogP contribution in [0.3, 0.4) is 0 Å². The van der Waals surface area contributed by atoms with Crippen molar-refractivity contribution in [1.82, 2.24) is 10.2 Å². The molecule has 0 spiro atoms. The Bertz CT molecular complexity index is 318. The van der Waals surface area contributed by atoms with Gasteiger partial charge in [0.1, 0.15) is 5.54 Å². The molecule has 1 heterocycles. The van der Waals surface area contributed by atoms with Crippen LogP contribution >= 0.6 is 0 Å². The highest BCUT2D eigenvalue weighted by atomic mass is 15.2. The van der Waals surface area contributed by atoms with Gasteiger partial charge >= 0.3 is 0 Å². The molecule has 1 saturated carbocycles. The van der Waals surface area contributed by atoms with E-state index in [9.17, 15) is 5.26 Å². The zero-order valence-electron chi connectivity index (χ0n) is 12.6. The van der Waals surface area contributed by atoms with Crippen molar-refractivity contribution in [3.05, 3.63) is 0 Å². The van der Waals surface area contributed by atoms with Gasteiger partial charge in [0.15, 0.2) is 0 Å². The Morgan fingerprint density at radius 1 is 1.26 bits per heavy atom. The molecule has 0 amide bonds. The number of nitrogens with one attached hydrogen (secondary N) is 1. The van der Waals surface area contributed by atoms with Crippen molar-refractivity contribution in [3.8, 4) is 6.07 Å². The Hall–Kier alpha value is -0.590. The Labute approximate surface area is 118 Å². The summed E-state index contributed by atoms with van der Waals surface area (Å²) in [6, 6.07) is 2.64. The van der Waals surface area contributed by atoms with Crippen LogP contribution in [-0.2, 0) is 0 Å². The van der Waals surface area contributed by atoms with Gasteiger partial charge < -0.3 is 4.90 Å². The first kappa shape index (κ1) is 14.8. The first-order chi connectivity index (χ1) is 9.20. The normalized spacial score (nSPS) is 28.4. The number of hydrogen-bond acceptors (Lipinski definition) is 3. The van der Waals surface area contributed by atoms with Crippen LogP contribution in [0.2, 0.25) is 0 Å². The van der Waals surface area contributed by atoms with E-state index in [1.54, 1.807) is 0 Å². The first-order valence-electron chi connectivity index (χ1n) is 8.09. The third-order valence-electron chi connectivity index (χ3n) is 4.75. The number of nitrogens with zero attached hydrogens (tertiary/aromatic N) is 2. The number of likely N-dealkylation sites (tertiary alicyclic amines) is 1. The van der Waals surface area contributed by atoms with E-state index in [2.05, 4.69) is 30.1 Å². The van der Waals surface area contributed by atoms with E-state index in [0.717, 1.165) is 25.4 Å². The lowest BCUT2D eigenvalue weighted by molar-refractivity contribution is 0.199. The second-order valence-electron chi connectivity index (χ2n) is 6.60. The molecule has 2 aliphatic rings. The maximum atomic E-state index is 9.73. The second kappa shape index (κ2) is 6.72. The van der Waals surface area contributed by atoms with Gasteiger partial charge in [-0.1, -0.05) is 13.8 Å². The molecular formula is C16H29N3. The fraction of sp³-hybridized carbons (Fsp3) is 0.938. The number of nitriles is 1. The van der Waals surface area contributed by atoms with E-state index in [4.69, 9.17) is 0 Å². The average molecular weight is 263 g/mol. The Morgan fingerprint density at radius 3 is 2.68 bits per heavy atom. The van der Waals surface area contributed by atoms with Gasteiger partial charge in [0.05, 0.1) is 6.07 Å². The summed E-state index contributed by atoms with van der Waals surface area (Å²) in [4.78, 5) is 2.54. The highest BCUT2D eigenvalue weighted by Gasteiger charge is 2.46. The van der Waals surface area contributed by atoms with Crippen LogP contribution < -0.4 is 5.32 Å². The maximum absolute atomic E-state index is 9.73. The molecule has 19 heavy (non-hydrogen) atoms. The minimum atomic E-state index is -0.274. The molecule has 1 aliphatic carbocycles. The third-order valence-corrected chi connectivity index (χ3v) is 4.75. The molecule has 3 heteroatoms. The van der Waals surface area contributed by atoms with Crippen molar-refractivity contribution in [2.75, 3.05) is 26.2 Å². The van der Waals surface area contributed by atoms with E-state index in [-0.39, 0.29) is 5.54 Å². The molecule has 3 nitrogen and oxygen atoms in total. The van der Waals surface area contributed by atoms with E-state index in [0.29, 0.717) is 5.92 Å². The zero-order valence-corrected chi connectivity index (χ0v) is 12.6. The van der Waals surface area contributed by atoms with Crippen LogP contribution in [0.15, 0.2) is 0 Å². The lowest BCUT2D eigenvalue weighted by Gasteiger charge is -2.34. The minimum absolute atomic E-state index is 0.274. The monoisotopic (exact) mass is 263 g/mol. The standard InChI is InChI=1S/C16H29N3/c1-3-9-18-16(12-17,15-6-7-15)13-19-10-4-5-14(2)8-11-19/h14-15,18H,3-11,13H2,1-2H3. The van der Waals surface area contributed by atoms with E-state index in [1.807, 2.05) is 0 Å². The van der Waals surface area contributed by atoms with Crippen molar-refractivity contribution in [3.63, 3.8) is 0 Å². The quantitative estimate of drug-likeness (QED) is 0.801. The summed E-state index contributed by atoms with van der Waals surface area (Å²) in [6.07, 6.45) is 7.50. The molecule has 0 aromatic heterocycles. The van der Waals surface area contributed by atoms with Crippen LogP contribution in [0.4, 0.5) is 0 Å². The minimum Gasteiger partial charge on any atom is -0.300 e. The Kier molecular flexibility index (Phi) is 5.24. The van der Waals surface area contributed by atoms with Gasteiger partial charge in [-0.25, -0.2) is 0 Å². The van der Waals surface area contributed by atoms with Crippen LogP contribution in [0, 0.1) is 23.2 Å². The van der Waals surface area contributed by atoms with E-state index in [1.165, 1.54) is 45.2 Å². The SMILES string of the molecule is CCCNC(C#N)(CN1CCCC(C)CC1)C1CC1. The molecule has 108 valence electrons. The maximum Gasteiger partial charge on any atom is 0.122 e. The third kappa shape index (κ3) is 3.94. The Balaban J connectivity index is 1.96. The number of hydrogen-bond donors (Lipinski definition) is 1. The number of rotatable bonds is 6. The lowest BCUT2D eigenvalue weighted by Crippen LogP contribution is -2.54. The smallest absolute Gasteiger partial charge is 0.122 e. The molecule has 0 bridgehead atoms. The topological polar surface area (TPSA) is 39.1 Å². The molecule has 0 aromatic carbocycles. The van der Waals surface area contributed by atoms with Gasteiger partial charge in [-0.15, -0.1) is 0 Å². The molecule has 2 atom stereocenters. The highest BCUT2D eigenvalue weighted by molar-refractivity contribution is 5.16. The van der Waals surface area contributed by atoms with Crippen molar-refractivity contribution in [1.29, 1.82) is 5.26 Å². The van der Waals surface area contributed by atoms with E-state index >= 15 is 0 Å². The van der Waals surface area contributed by atoms with Crippen LogP contribution in [0.25, 0.3) is 0 Å². The summed E-state index contributed by atoms with van der Waals surface area (Å²) >= 11 is 0. The van der Waals surface area contributed by atoms with Crippen LogP contribution in [0.1, 0.15) is 52.4 Å². The van der Waals surface area contributed by atoms with Gasteiger partial charge in [0.2, 0.25) is 0 Å². The molecule has 2 rings (SSSR count). The van der Waals surface area contributed by atoms with Gasteiger partial charge in [0.25, 0.3) is 0 Å². The summed E-state index contributed by atoms with van der Waals surface area (Å²) in [5.74, 6) is 1.44. The van der Waals surface area contributed by atoms with Crippen molar-refractivity contribution in [2.24, 2.45) is 11.8 Å². The molecule has 0 aromatic rings. The van der Waals surface area contributed by atoms with Gasteiger partial charge in [0, 0.05) is 6.54 Å². The van der Waals surface area contributed by atoms with Gasteiger partial charge in [-0.05, 0) is 70.0 Å². The molecule has 0 radical (unpaired) electrons. The van der Waals surface area contributed by atoms with E-state index < -0.39 is 0 Å². The fourth-order valence-electron chi connectivity index (χ4n) is 3.25. The first-order valence-corrected chi connectivity index (χ1v) is 8.09. The summed E-state index contributed by atoms with van der Waals surface area (Å²) in [5, 5.41) is 13.3. The highest BCUT2D eigenvalue weighted by Crippen LogP contribution is 2.40. The van der Waals surface area contributed by atoms with Crippen LogP contribution in [0.5, 0.6) is 0 Å². The largest absolute Gasteiger partial charge is 0.300 e. The van der Waals surface area contributed by atoms with Gasteiger partial charge in [-0.3, -0.25) is 5.32 Å². The Morgan fingerprint density at radius 2 is 2.05 bits per heavy atom. The summed E-state index contributed by atoms with van der Waals surface area (Å²) in [6.45, 7) is 8.78. The van der Waals surface area contributed by atoms with Crippen LogP contribution in [-0.4, -0.2) is 36.6 Å². The molecular weight excluding hydrogens is 234 g/mol. The van der Waals surface area contributed by atoms with Crippen molar-refractivity contribution < 1.29 is 0 Å².